The van der Waals surface area contributed by atoms with Gasteiger partial charge in [0.15, 0.2) is 0 Å². The molecule has 3 heteroatoms. The number of aromatic nitrogens is 2. The van der Waals surface area contributed by atoms with E-state index in [0.717, 1.165) is 11.5 Å². The van der Waals surface area contributed by atoms with Gasteiger partial charge in [-0.2, -0.15) is 0 Å². The predicted molar refractivity (Wildman–Crippen MR) is 81.2 cm³/mol. The Morgan fingerprint density at radius 3 is 2.25 bits per heavy atom. The van der Waals surface area contributed by atoms with E-state index < -0.39 is 0 Å². The van der Waals surface area contributed by atoms with Crippen molar-refractivity contribution in [2.24, 2.45) is 0 Å². The minimum absolute atomic E-state index is 0.616. The van der Waals surface area contributed by atoms with E-state index in [1.54, 1.807) is 12.4 Å². The maximum absolute atomic E-state index is 4.22. The van der Waals surface area contributed by atoms with Crippen LogP contribution >= 0.6 is 0 Å². The zero-order chi connectivity index (χ0) is 13.6. The fraction of sp³-hybridized carbons (Fsp3) is 0.0588. The number of hydrogen-bond donors (Lipinski definition) is 1. The van der Waals surface area contributed by atoms with Crippen molar-refractivity contribution in [2.45, 2.75) is 6.54 Å². The summed E-state index contributed by atoms with van der Waals surface area (Å²) in [6.07, 6.45) is 3.51. The largest absolute Gasteiger partial charge is 0.377 e. The first-order valence-electron chi connectivity index (χ1n) is 6.58. The van der Waals surface area contributed by atoms with Crippen molar-refractivity contribution in [3.8, 4) is 11.1 Å². The standard InChI is InChI=1S/C17H15N3/c1-2-7-14(8-3-1)15-9-4-5-10-16(15)20-13-17-18-11-6-12-19-17/h1-12,20H,13H2. The molecule has 0 amide bonds. The van der Waals surface area contributed by atoms with Crippen LogP contribution in [-0.4, -0.2) is 9.97 Å². The first-order chi connectivity index (χ1) is 9.93. The van der Waals surface area contributed by atoms with Gasteiger partial charge in [-0.3, -0.25) is 0 Å². The minimum atomic E-state index is 0.616. The first-order valence-corrected chi connectivity index (χ1v) is 6.58. The van der Waals surface area contributed by atoms with E-state index in [0.29, 0.717) is 6.54 Å². The van der Waals surface area contributed by atoms with E-state index in [9.17, 15) is 0 Å². The number of rotatable bonds is 4. The molecule has 1 aromatic heterocycles. The lowest BCUT2D eigenvalue weighted by atomic mass is 10.0. The summed E-state index contributed by atoms with van der Waals surface area (Å²) in [5.41, 5.74) is 3.47. The van der Waals surface area contributed by atoms with Gasteiger partial charge >= 0.3 is 0 Å². The molecule has 20 heavy (non-hydrogen) atoms. The summed E-state index contributed by atoms with van der Waals surface area (Å²) in [6, 6.07) is 20.4. The second kappa shape index (κ2) is 5.97. The van der Waals surface area contributed by atoms with Crippen LogP contribution in [0.4, 0.5) is 5.69 Å². The Morgan fingerprint density at radius 2 is 1.45 bits per heavy atom. The summed E-state index contributed by atoms with van der Waals surface area (Å²) < 4.78 is 0. The normalized spacial score (nSPS) is 10.2. The van der Waals surface area contributed by atoms with Crippen LogP contribution in [0.2, 0.25) is 0 Å². The Balaban J connectivity index is 1.84. The van der Waals surface area contributed by atoms with Crippen LogP contribution in [0, 0.1) is 0 Å². The molecule has 0 fully saturated rings. The Bertz CT molecular complexity index is 666. The van der Waals surface area contributed by atoms with Gasteiger partial charge in [-0.1, -0.05) is 48.5 Å². The van der Waals surface area contributed by atoms with Crippen molar-refractivity contribution >= 4 is 5.69 Å². The first kappa shape index (κ1) is 12.4. The molecule has 3 aromatic rings. The highest BCUT2D eigenvalue weighted by molar-refractivity contribution is 5.77. The smallest absolute Gasteiger partial charge is 0.147 e. The van der Waals surface area contributed by atoms with Crippen LogP contribution < -0.4 is 5.32 Å². The highest BCUT2D eigenvalue weighted by Gasteiger charge is 2.04. The van der Waals surface area contributed by atoms with E-state index >= 15 is 0 Å². The number of nitrogens with one attached hydrogen (secondary N) is 1. The van der Waals surface area contributed by atoms with Crippen LogP contribution in [0.5, 0.6) is 0 Å². The van der Waals surface area contributed by atoms with Gasteiger partial charge in [0.2, 0.25) is 0 Å². The van der Waals surface area contributed by atoms with Crippen molar-refractivity contribution in [1.82, 2.24) is 9.97 Å². The van der Waals surface area contributed by atoms with Crippen molar-refractivity contribution in [3.05, 3.63) is 78.9 Å². The molecule has 1 heterocycles. The van der Waals surface area contributed by atoms with Crippen molar-refractivity contribution in [3.63, 3.8) is 0 Å². The van der Waals surface area contributed by atoms with Gasteiger partial charge in [-0.05, 0) is 17.7 Å². The summed E-state index contributed by atoms with van der Waals surface area (Å²) in [4.78, 5) is 8.45. The monoisotopic (exact) mass is 261 g/mol. The van der Waals surface area contributed by atoms with E-state index in [-0.39, 0.29) is 0 Å². The summed E-state index contributed by atoms with van der Waals surface area (Å²) in [5.74, 6) is 0.787. The molecule has 0 radical (unpaired) electrons. The Labute approximate surface area is 118 Å². The average Bonchev–Trinajstić information content (AvgIpc) is 2.55. The summed E-state index contributed by atoms with van der Waals surface area (Å²) in [7, 11) is 0. The fourth-order valence-corrected chi connectivity index (χ4v) is 2.10. The van der Waals surface area contributed by atoms with Gasteiger partial charge in [0.05, 0.1) is 6.54 Å². The predicted octanol–water partition coefficient (Wildman–Crippen LogP) is 3.76. The fourth-order valence-electron chi connectivity index (χ4n) is 2.10. The molecule has 0 bridgehead atoms. The van der Waals surface area contributed by atoms with Gasteiger partial charge in [-0.25, -0.2) is 9.97 Å². The Hall–Kier alpha value is -2.68. The zero-order valence-corrected chi connectivity index (χ0v) is 11.0. The van der Waals surface area contributed by atoms with Crippen LogP contribution in [0.25, 0.3) is 11.1 Å². The van der Waals surface area contributed by atoms with E-state index in [1.807, 2.05) is 36.4 Å². The molecule has 0 spiro atoms. The molecule has 0 atom stereocenters. The van der Waals surface area contributed by atoms with Gasteiger partial charge < -0.3 is 5.32 Å². The summed E-state index contributed by atoms with van der Waals surface area (Å²) in [5, 5.41) is 3.40. The lowest BCUT2D eigenvalue weighted by molar-refractivity contribution is 0.949. The number of nitrogens with zero attached hydrogens (tertiary/aromatic N) is 2. The second-order valence-electron chi connectivity index (χ2n) is 4.43. The summed E-state index contributed by atoms with van der Waals surface area (Å²) >= 11 is 0. The second-order valence-corrected chi connectivity index (χ2v) is 4.43. The lowest BCUT2D eigenvalue weighted by Crippen LogP contribution is -2.04. The Morgan fingerprint density at radius 1 is 0.750 bits per heavy atom. The molecule has 0 saturated heterocycles. The van der Waals surface area contributed by atoms with Crippen LogP contribution in [0.15, 0.2) is 73.1 Å². The van der Waals surface area contributed by atoms with E-state index in [2.05, 4.69) is 39.6 Å². The van der Waals surface area contributed by atoms with Gasteiger partial charge in [0, 0.05) is 23.6 Å². The van der Waals surface area contributed by atoms with Gasteiger partial charge in [0.1, 0.15) is 5.82 Å². The SMILES string of the molecule is c1ccc(-c2ccccc2NCc2ncccn2)cc1. The van der Waals surface area contributed by atoms with Crippen LogP contribution in [-0.2, 0) is 6.54 Å². The van der Waals surface area contributed by atoms with Crippen molar-refractivity contribution < 1.29 is 0 Å². The highest BCUT2D eigenvalue weighted by atomic mass is 15.0. The molecule has 0 aliphatic rings. The quantitative estimate of drug-likeness (QED) is 0.777. The van der Waals surface area contributed by atoms with Gasteiger partial charge in [0.25, 0.3) is 0 Å². The van der Waals surface area contributed by atoms with Crippen molar-refractivity contribution in [2.75, 3.05) is 5.32 Å². The summed E-state index contributed by atoms with van der Waals surface area (Å²) in [6.45, 7) is 0.616. The highest BCUT2D eigenvalue weighted by Crippen LogP contribution is 2.27. The Kier molecular flexibility index (Phi) is 3.69. The lowest BCUT2D eigenvalue weighted by Gasteiger charge is -2.11. The molecule has 0 aliphatic heterocycles. The molecule has 0 saturated carbocycles. The van der Waals surface area contributed by atoms with E-state index in [1.165, 1.54) is 11.1 Å². The number of hydrogen-bond acceptors (Lipinski definition) is 3. The number of para-hydroxylation sites is 1. The maximum Gasteiger partial charge on any atom is 0.147 e. The molecule has 98 valence electrons. The third-order valence-electron chi connectivity index (χ3n) is 3.07. The minimum Gasteiger partial charge on any atom is -0.377 e. The molecule has 0 aliphatic carbocycles. The third kappa shape index (κ3) is 2.83. The topological polar surface area (TPSA) is 37.8 Å². The molecule has 0 unspecified atom stereocenters. The molecule has 3 rings (SSSR count). The molecule has 1 N–H and O–H groups in total. The maximum atomic E-state index is 4.22. The zero-order valence-electron chi connectivity index (χ0n) is 11.0. The molecular weight excluding hydrogens is 246 g/mol. The molecule has 3 nitrogen and oxygen atoms in total. The van der Waals surface area contributed by atoms with E-state index in [4.69, 9.17) is 0 Å². The molecular formula is C17H15N3. The van der Waals surface area contributed by atoms with Crippen LogP contribution in [0.1, 0.15) is 5.82 Å². The van der Waals surface area contributed by atoms with Crippen molar-refractivity contribution in [1.29, 1.82) is 0 Å². The van der Waals surface area contributed by atoms with Crippen LogP contribution in [0.3, 0.4) is 0 Å². The molecule has 2 aromatic carbocycles. The third-order valence-corrected chi connectivity index (χ3v) is 3.07. The average molecular weight is 261 g/mol. The van der Waals surface area contributed by atoms with Gasteiger partial charge in [-0.15, -0.1) is 0 Å². The number of anilines is 1. The number of benzene rings is 2.